The fraction of sp³-hybridized carbons (Fsp3) is 0.308. The van der Waals surface area contributed by atoms with Gasteiger partial charge in [0.2, 0.25) is 0 Å². The van der Waals surface area contributed by atoms with Crippen molar-refractivity contribution in [1.29, 1.82) is 0 Å². The first kappa shape index (κ1) is 13.6. The van der Waals surface area contributed by atoms with Gasteiger partial charge in [-0.3, -0.25) is 0 Å². The molecule has 2 N–H and O–H groups in total. The van der Waals surface area contributed by atoms with Gasteiger partial charge in [0.25, 0.3) is 0 Å². The van der Waals surface area contributed by atoms with E-state index >= 15 is 0 Å². The molecule has 0 radical (unpaired) electrons. The van der Waals surface area contributed by atoms with E-state index in [1.807, 2.05) is 6.07 Å². The lowest BCUT2D eigenvalue weighted by molar-refractivity contribution is -0.732. The molecule has 0 saturated heterocycles. The van der Waals surface area contributed by atoms with Gasteiger partial charge in [-0.15, -0.1) is 9.36 Å². The number of benzene rings is 1. The molecule has 1 aromatic carbocycles. The molecule has 0 unspecified atom stereocenters. The second kappa shape index (κ2) is 5.21. The molecule has 8 heteroatoms. The van der Waals surface area contributed by atoms with E-state index in [2.05, 4.69) is 5.21 Å². The van der Waals surface area contributed by atoms with Crippen LogP contribution in [-0.2, 0) is 20.0 Å². The van der Waals surface area contributed by atoms with Crippen LogP contribution in [0.15, 0.2) is 24.5 Å². The first-order valence-corrected chi connectivity index (χ1v) is 6.66. The minimum absolute atomic E-state index is 0.101. The predicted molar refractivity (Wildman–Crippen MR) is 73.0 cm³/mol. The average Bonchev–Trinajstić information content (AvgIpc) is 2.83. The Bertz CT molecular complexity index is 701. The molecule has 1 aliphatic rings. The maximum atomic E-state index is 11.6. The van der Waals surface area contributed by atoms with Gasteiger partial charge in [0.05, 0.1) is 5.21 Å². The molecule has 1 aromatic heterocycles. The third kappa shape index (κ3) is 2.62. The van der Waals surface area contributed by atoms with E-state index in [-0.39, 0.29) is 11.3 Å². The molecule has 0 saturated carbocycles. The molecule has 0 fully saturated rings. The number of aromatic carboxylic acids is 1. The predicted octanol–water partition coefficient (Wildman–Crippen LogP) is -0.131. The van der Waals surface area contributed by atoms with Crippen LogP contribution in [0.2, 0.25) is 6.32 Å². The normalized spacial score (nSPS) is 13.7. The Morgan fingerprint density at radius 1 is 1.57 bits per heavy atom. The molecule has 2 aromatic rings. The van der Waals surface area contributed by atoms with Gasteiger partial charge in [-0.1, -0.05) is 12.1 Å². The Balaban J connectivity index is 2.04. The number of aromatic nitrogens is 3. The summed E-state index contributed by atoms with van der Waals surface area (Å²) in [6.07, 6.45) is 4.62. The summed E-state index contributed by atoms with van der Waals surface area (Å²) < 4.78 is 8.63. The van der Waals surface area contributed by atoms with Crippen molar-refractivity contribution in [3.05, 3.63) is 41.2 Å². The van der Waals surface area contributed by atoms with Crippen molar-refractivity contribution in [3.8, 4) is 5.75 Å². The minimum Gasteiger partial charge on any atom is -0.535 e. The first-order valence-electron chi connectivity index (χ1n) is 6.66. The zero-order chi connectivity index (χ0) is 15.0. The van der Waals surface area contributed by atoms with Crippen molar-refractivity contribution < 1.29 is 24.3 Å². The molecule has 108 valence electrons. The highest BCUT2D eigenvalue weighted by molar-refractivity contribution is 6.44. The lowest BCUT2D eigenvalue weighted by atomic mass is 9.78. The van der Waals surface area contributed by atoms with Crippen LogP contribution in [0, 0.1) is 0 Å². The Morgan fingerprint density at radius 2 is 2.38 bits per heavy atom. The van der Waals surface area contributed by atoms with Gasteiger partial charge < -0.3 is 14.8 Å². The van der Waals surface area contributed by atoms with E-state index in [0.717, 1.165) is 5.56 Å². The number of carbonyl (C=O) groups is 1. The highest BCUT2D eigenvalue weighted by Crippen LogP contribution is 2.33. The van der Waals surface area contributed by atoms with Gasteiger partial charge in [-0.25, -0.2) is 4.79 Å². The molecule has 7 nitrogen and oxygen atoms in total. The molecule has 1 aliphatic heterocycles. The zero-order valence-corrected chi connectivity index (χ0v) is 11.6. The van der Waals surface area contributed by atoms with Gasteiger partial charge in [0.1, 0.15) is 24.9 Å². The summed E-state index contributed by atoms with van der Waals surface area (Å²) in [5, 5.41) is 23.3. The van der Waals surface area contributed by atoms with Crippen molar-refractivity contribution in [2.75, 3.05) is 0 Å². The van der Waals surface area contributed by atoms with Crippen molar-refractivity contribution in [3.63, 3.8) is 0 Å². The Labute approximate surface area is 121 Å². The molecule has 0 amide bonds. The first-order chi connectivity index (χ1) is 10.0. The highest BCUT2D eigenvalue weighted by Gasteiger charge is 2.29. The summed E-state index contributed by atoms with van der Waals surface area (Å²) in [5.41, 5.74) is 1.51. The molecule has 2 heterocycles. The summed E-state index contributed by atoms with van der Waals surface area (Å²) in [5.74, 6) is -0.789. The third-order valence-corrected chi connectivity index (χ3v) is 3.50. The van der Waals surface area contributed by atoms with E-state index in [4.69, 9.17) is 4.65 Å². The van der Waals surface area contributed by atoms with Crippen LogP contribution in [0.25, 0.3) is 0 Å². The molecule has 3 rings (SSSR count). The van der Waals surface area contributed by atoms with E-state index in [1.54, 1.807) is 34.9 Å². The Morgan fingerprint density at radius 3 is 3.05 bits per heavy atom. The maximum absolute atomic E-state index is 11.6. The summed E-state index contributed by atoms with van der Waals surface area (Å²) in [7, 11) is 0.842. The van der Waals surface area contributed by atoms with Crippen molar-refractivity contribution in [1.82, 2.24) is 9.90 Å². The molecule has 0 atom stereocenters. The van der Waals surface area contributed by atoms with Gasteiger partial charge >= 0.3 is 13.1 Å². The second-order valence-electron chi connectivity index (χ2n) is 5.06. The van der Waals surface area contributed by atoms with Crippen LogP contribution in [0.3, 0.4) is 0 Å². The average molecular weight is 288 g/mol. The largest absolute Gasteiger partial charge is 0.535 e. The van der Waals surface area contributed by atoms with Crippen molar-refractivity contribution in [2.45, 2.75) is 19.3 Å². The molecule has 21 heavy (non-hydrogen) atoms. The van der Waals surface area contributed by atoms with Crippen LogP contribution < -0.4 is 9.34 Å². The fourth-order valence-corrected chi connectivity index (χ4v) is 2.51. The summed E-state index contributed by atoms with van der Waals surface area (Å²) in [4.78, 5) is 11.6. The number of hydrogen-bond acceptors (Lipinski definition) is 4. The van der Waals surface area contributed by atoms with Crippen LogP contribution in [-0.4, -0.2) is 33.1 Å². The van der Waals surface area contributed by atoms with Gasteiger partial charge in [0.15, 0.2) is 12.4 Å². The lowest BCUT2D eigenvalue weighted by Crippen LogP contribution is -2.31. The molecular formula is C13H15BN3O4+. The summed E-state index contributed by atoms with van der Waals surface area (Å²) in [6, 6.07) is 3.64. The summed E-state index contributed by atoms with van der Waals surface area (Å²) in [6.45, 7) is 0.329. The number of carboxylic acids is 1. The van der Waals surface area contributed by atoms with E-state index < -0.39 is 13.1 Å². The highest BCUT2D eigenvalue weighted by atomic mass is 16.5. The minimum atomic E-state index is -1.06. The second-order valence-corrected chi connectivity index (χ2v) is 5.06. The van der Waals surface area contributed by atoms with Crippen LogP contribution in [0.5, 0.6) is 5.75 Å². The fourth-order valence-electron chi connectivity index (χ4n) is 2.51. The number of carboxylic acid groups (broad SMARTS) is 1. The number of nitrogens with zero attached hydrogens (tertiary/aromatic N) is 3. The smallest absolute Gasteiger partial charge is 0.522 e. The van der Waals surface area contributed by atoms with Gasteiger partial charge in [-0.05, 0) is 18.3 Å². The quantitative estimate of drug-likeness (QED) is 0.606. The van der Waals surface area contributed by atoms with Crippen LogP contribution in [0.1, 0.15) is 21.5 Å². The summed E-state index contributed by atoms with van der Waals surface area (Å²) >= 11 is 0. The maximum Gasteiger partial charge on any atom is 0.522 e. The van der Waals surface area contributed by atoms with Crippen LogP contribution >= 0.6 is 0 Å². The zero-order valence-electron chi connectivity index (χ0n) is 11.6. The molecule has 0 spiro atoms. The number of rotatable bonds is 3. The number of aryl methyl sites for hydroxylation is 2. The number of fused-ring (bicyclic) bond motifs is 1. The number of hydrogen-bond donors (Lipinski definition) is 2. The SMILES string of the molecule is C[n+]1ccn(Cc2ccc3c(c2C(=O)O)OB(O)CC3)n1. The molecular weight excluding hydrogens is 273 g/mol. The van der Waals surface area contributed by atoms with Gasteiger partial charge in [0, 0.05) is 5.56 Å². The Hall–Kier alpha value is -2.35. The van der Waals surface area contributed by atoms with E-state index in [1.165, 1.54) is 0 Å². The monoisotopic (exact) mass is 288 g/mol. The Kier molecular flexibility index (Phi) is 3.38. The standard InChI is InChI=1S/C13H14BN3O4/c1-16-6-7-17(15-16)8-10-3-2-9-4-5-14(20)21-12(9)11(10)13(18)19/h2-3,6-7,20H,4-5,8H2,1H3/p+1. The van der Waals surface area contributed by atoms with Crippen molar-refractivity contribution in [2.24, 2.45) is 7.05 Å². The van der Waals surface area contributed by atoms with E-state index in [9.17, 15) is 14.9 Å². The topological polar surface area (TPSA) is 88.5 Å². The molecule has 0 aliphatic carbocycles. The van der Waals surface area contributed by atoms with Crippen LogP contribution in [0.4, 0.5) is 0 Å². The van der Waals surface area contributed by atoms with Crippen molar-refractivity contribution >= 4 is 13.1 Å². The van der Waals surface area contributed by atoms with E-state index in [0.29, 0.717) is 24.8 Å². The third-order valence-electron chi connectivity index (χ3n) is 3.50. The van der Waals surface area contributed by atoms with Gasteiger partial charge in [-0.2, -0.15) is 0 Å². The lowest BCUT2D eigenvalue weighted by Gasteiger charge is -2.22. The molecule has 0 bridgehead atoms.